The highest BCUT2D eigenvalue weighted by Gasteiger charge is 2.45. The molecule has 3 fully saturated rings. The summed E-state index contributed by atoms with van der Waals surface area (Å²) >= 11 is 0. The molecule has 3 saturated heterocycles. The van der Waals surface area contributed by atoms with Gasteiger partial charge < -0.3 is 25.0 Å². The number of carboxylic acid groups (broad SMARTS) is 2. The Kier molecular flexibility index (Phi) is 11.9. The van der Waals surface area contributed by atoms with Crippen molar-refractivity contribution in [2.75, 3.05) is 32.9 Å². The van der Waals surface area contributed by atoms with Crippen LogP contribution in [0, 0.1) is 11.8 Å². The van der Waals surface area contributed by atoms with Crippen LogP contribution in [0.1, 0.15) is 24.8 Å². The number of amides is 1. The zero-order chi connectivity index (χ0) is 29.2. The summed E-state index contributed by atoms with van der Waals surface area (Å²) in [4.78, 5) is 37.3. The maximum Gasteiger partial charge on any atom is 0.490 e. The second-order valence-electron chi connectivity index (χ2n) is 8.95. The highest BCUT2D eigenvalue weighted by molar-refractivity contribution is 5.79. The standard InChI is InChI=1S/C19H27N3O3.2C2HF3O2/c23-19(21-11-14-2-1-6-20-10-14)17-12-22(15-3-7-24-8-4-15)13-18-16(17)5-9-25-18;2*3-2(4,5)1(6)7/h1-2,6,10,15-18H,3-5,7-9,11-13H2,(H,21,23);2*(H,6,7)/t16-,17-,18+;;/m0../s1. The number of aliphatic carboxylic acids is 2. The molecule has 0 radical (unpaired) electrons. The molecule has 0 bridgehead atoms. The Balaban J connectivity index is 0.000000317. The summed E-state index contributed by atoms with van der Waals surface area (Å²) in [5.74, 6) is -4.99. The third-order valence-electron chi connectivity index (χ3n) is 6.34. The number of carboxylic acids is 2. The van der Waals surface area contributed by atoms with Crippen molar-refractivity contribution in [2.45, 2.75) is 50.3 Å². The third-order valence-corrected chi connectivity index (χ3v) is 6.34. The van der Waals surface area contributed by atoms with Gasteiger partial charge in [-0.1, -0.05) is 6.07 Å². The van der Waals surface area contributed by atoms with Crippen molar-refractivity contribution in [3.05, 3.63) is 30.1 Å². The molecule has 16 heteroatoms. The van der Waals surface area contributed by atoms with E-state index in [1.54, 1.807) is 12.4 Å². The summed E-state index contributed by atoms with van der Waals surface area (Å²) in [6.45, 7) is 4.78. The first kappa shape index (κ1) is 32.2. The molecular weight excluding hydrogens is 544 g/mol. The summed E-state index contributed by atoms with van der Waals surface area (Å²) in [5, 5.41) is 17.4. The number of nitrogens with zero attached hydrogens (tertiary/aromatic N) is 2. The zero-order valence-corrected chi connectivity index (χ0v) is 20.6. The van der Waals surface area contributed by atoms with E-state index in [9.17, 15) is 31.1 Å². The zero-order valence-electron chi connectivity index (χ0n) is 20.6. The Morgan fingerprint density at radius 3 is 2.08 bits per heavy atom. The monoisotopic (exact) mass is 573 g/mol. The van der Waals surface area contributed by atoms with Gasteiger partial charge >= 0.3 is 24.3 Å². The fourth-order valence-electron chi connectivity index (χ4n) is 4.46. The molecule has 4 heterocycles. The lowest BCUT2D eigenvalue weighted by Crippen LogP contribution is -2.56. The topological polar surface area (TPSA) is 138 Å². The van der Waals surface area contributed by atoms with Crippen LogP contribution in [0.4, 0.5) is 26.3 Å². The summed E-state index contributed by atoms with van der Waals surface area (Å²) in [6.07, 6.45) is -3.30. The van der Waals surface area contributed by atoms with Crippen LogP contribution in [0.15, 0.2) is 24.5 Å². The Morgan fingerprint density at radius 2 is 1.56 bits per heavy atom. The number of ether oxygens (including phenoxy) is 2. The first-order chi connectivity index (χ1) is 18.2. The number of rotatable bonds is 4. The van der Waals surface area contributed by atoms with Crippen molar-refractivity contribution in [3.63, 3.8) is 0 Å². The van der Waals surface area contributed by atoms with E-state index in [1.165, 1.54) is 0 Å². The summed E-state index contributed by atoms with van der Waals surface area (Å²) < 4.78 is 74.9. The minimum atomic E-state index is -5.08. The first-order valence-corrected chi connectivity index (χ1v) is 11.9. The van der Waals surface area contributed by atoms with Crippen LogP contribution in [0.3, 0.4) is 0 Å². The molecule has 0 spiro atoms. The number of carbonyl (C=O) groups is 3. The lowest BCUT2D eigenvalue weighted by Gasteiger charge is -2.44. The summed E-state index contributed by atoms with van der Waals surface area (Å²) in [6, 6.07) is 4.41. The number of hydrogen-bond acceptors (Lipinski definition) is 7. The molecule has 39 heavy (non-hydrogen) atoms. The van der Waals surface area contributed by atoms with Crippen LogP contribution >= 0.6 is 0 Å². The molecule has 3 aliphatic heterocycles. The normalized spacial score (nSPS) is 23.8. The van der Waals surface area contributed by atoms with E-state index >= 15 is 0 Å². The second kappa shape index (κ2) is 14.4. The minimum Gasteiger partial charge on any atom is -0.475 e. The van der Waals surface area contributed by atoms with E-state index in [2.05, 4.69) is 15.2 Å². The smallest absolute Gasteiger partial charge is 0.475 e. The van der Waals surface area contributed by atoms with Gasteiger partial charge in [-0.25, -0.2) is 9.59 Å². The molecule has 4 rings (SSSR count). The van der Waals surface area contributed by atoms with Crippen LogP contribution in [0.2, 0.25) is 0 Å². The maximum atomic E-state index is 12.9. The minimum absolute atomic E-state index is 0.0146. The molecule has 3 N–H and O–H groups in total. The molecule has 220 valence electrons. The largest absolute Gasteiger partial charge is 0.490 e. The van der Waals surface area contributed by atoms with Crippen molar-refractivity contribution in [2.24, 2.45) is 11.8 Å². The van der Waals surface area contributed by atoms with Crippen LogP contribution in [-0.4, -0.2) is 95.4 Å². The highest BCUT2D eigenvalue weighted by atomic mass is 19.4. The van der Waals surface area contributed by atoms with Gasteiger partial charge in [0, 0.05) is 63.8 Å². The molecule has 0 aliphatic carbocycles. The number of nitrogens with one attached hydrogen (secondary N) is 1. The lowest BCUT2D eigenvalue weighted by molar-refractivity contribution is -0.193. The van der Waals surface area contributed by atoms with Gasteiger partial charge in [-0.05, 0) is 30.9 Å². The number of pyridine rings is 1. The molecule has 3 aliphatic rings. The average Bonchev–Trinajstić information content (AvgIpc) is 3.36. The molecule has 1 aromatic rings. The molecule has 0 saturated carbocycles. The molecule has 1 aromatic heterocycles. The number of halogens is 6. The summed E-state index contributed by atoms with van der Waals surface area (Å²) in [5.41, 5.74) is 1.03. The SMILES string of the molecule is O=C(NCc1cccnc1)[C@H]1CN(C2CCOCC2)C[C@H]2OCC[C@@H]12.O=C(O)C(F)(F)F.O=C(O)C(F)(F)F. The number of likely N-dealkylation sites (tertiary alicyclic amines) is 1. The van der Waals surface area contributed by atoms with Gasteiger partial charge in [0.05, 0.1) is 12.0 Å². The van der Waals surface area contributed by atoms with Crippen molar-refractivity contribution in [3.8, 4) is 0 Å². The van der Waals surface area contributed by atoms with Gasteiger partial charge in [-0.3, -0.25) is 14.7 Å². The van der Waals surface area contributed by atoms with Gasteiger partial charge in [-0.15, -0.1) is 0 Å². The number of fused-ring (bicyclic) bond motifs is 1. The van der Waals surface area contributed by atoms with E-state index < -0.39 is 24.3 Å². The van der Waals surface area contributed by atoms with Crippen LogP contribution in [-0.2, 0) is 30.4 Å². The van der Waals surface area contributed by atoms with E-state index in [0.29, 0.717) is 18.5 Å². The Bertz CT molecular complexity index is 918. The van der Waals surface area contributed by atoms with E-state index in [0.717, 1.165) is 57.7 Å². The number of hydrogen-bond donors (Lipinski definition) is 3. The van der Waals surface area contributed by atoms with E-state index in [1.807, 2.05) is 12.1 Å². The van der Waals surface area contributed by atoms with Gasteiger partial charge in [0.25, 0.3) is 0 Å². The number of aromatic nitrogens is 1. The Labute approximate surface area is 219 Å². The number of carbonyl (C=O) groups excluding carboxylic acids is 1. The van der Waals surface area contributed by atoms with Crippen molar-refractivity contribution < 1.29 is 60.4 Å². The predicted molar refractivity (Wildman–Crippen MR) is 120 cm³/mol. The first-order valence-electron chi connectivity index (χ1n) is 11.9. The average molecular weight is 573 g/mol. The third kappa shape index (κ3) is 10.6. The maximum absolute atomic E-state index is 12.9. The lowest BCUT2D eigenvalue weighted by atomic mass is 9.81. The predicted octanol–water partition coefficient (Wildman–Crippen LogP) is 2.48. The fourth-order valence-corrected chi connectivity index (χ4v) is 4.46. The fraction of sp³-hybridized carbons (Fsp3) is 0.652. The van der Waals surface area contributed by atoms with Gasteiger partial charge in [0.1, 0.15) is 0 Å². The molecule has 0 aromatic carbocycles. The Morgan fingerprint density at radius 1 is 0.974 bits per heavy atom. The molecular formula is C23H29F6N3O7. The second-order valence-corrected chi connectivity index (χ2v) is 8.95. The van der Waals surface area contributed by atoms with Gasteiger partial charge in [-0.2, -0.15) is 26.3 Å². The van der Waals surface area contributed by atoms with Crippen molar-refractivity contribution >= 4 is 17.8 Å². The number of alkyl halides is 6. The van der Waals surface area contributed by atoms with Gasteiger partial charge in [0.2, 0.25) is 5.91 Å². The molecule has 10 nitrogen and oxygen atoms in total. The van der Waals surface area contributed by atoms with Gasteiger partial charge in [0.15, 0.2) is 0 Å². The molecule has 0 unspecified atom stereocenters. The number of piperidine rings is 1. The van der Waals surface area contributed by atoms with Crippen molar-refractivity contribution in [1.82, 2.24) is 15.2 Å². The Hall–Kier alpha value is -2.98. The highest BCUT2D eigenvalue weighted by Crippen LogP contribution is 2.35. The van der Waals surface area contributed by atoms with Crippen LogP contribution in [0.25, 0.3) is 0 Å². The van der Waals surface area contributed by atoms with Crippen LogP contribution < -0.4 is 5.32 Å². The summed E-state index contributed by atoms with van der Waals surface area (Å²) in [7, 11) is 0. The van der Waals surface area contributed by atoms with Crippen LogP contribution in [0.5, 0.6) is 0 Å². The molecule has 3 atom stereocenters. The van der Waals surface area contributed by atoms with E-state index in [-0.39, 0.29) is 17.9 Å². The van der Waals surface area contributed by atoms with Crippen molar-refractivity contribution in [1.29, 1.82) is 0 Å². The quantitative estimate of drug-likeness (QED) is 0.464. The molecule has 1 amide bonds. The van der Waals surface area contributed by atoms with E-state index in [4.69, 9.17) is 29.3 Å².